The van der Waals surface area contributed by atoms with Crippen molar-refractivity contribution in [1.82, 2.24) is 14.8 Å². The predicted octanol–water partition coefficient (Wildman–Crippen LogP) is 4.95. The lowest BCUT2D eigenvalue weighted by molar-refractivity contribution is -0.113. The van der Waals surface area contributed by atoms with E-state index in [9.17, 15) is 4.79 Å². The van der Waals surface area contributed by atoms with Gasteiger partial charge in [-0.05, 0) is 61.2 Å². The quantitative estimate of drug-likeness (QED) is 0.360. The first kappa shape index (κ1) is 22.6. The Bertz CT molecular complexity index is 1020. The van der Waals surface area contributed by atoms with Gasteiger partial charge < -0.3 is 10.1 Å². The molecule has 0 saturated carbocycles. The molecule has 1 amide bonds. The van der Waals surface area contributed by atoms with E-state index in [1.54, 1.807) is 6.08 Å². The zero-order valence-corrected chi connectivity index (χ0v) is 19.0. The minimum atomic E-state index is -0.0861. The van der Waals surface area contributed by atoms with Gasteiger partial charge in [-0.15, -0.1) is 16.8 Å². The summed E-state index contributed by atoms with van der Waals surface area (Å²) in [5, 5.41) is 12.1. The minimum Gasteiger partial charge on any atom is -0.486 e. The van der Waals surface area contributed by atoms with E-state index >= 15 is 0 Å². The average molecular weight is 437 g/mol. The summed E-state index contributed by atoms with van der Waals surface area (Å²) in [6, 6.07) is 14.0. The second-order valence-corrected chi connectivity index (χ2v) is 8.24. The van der Waals surface area contributed by atoms with Crippen LogP contribution < -0.4 is 10.1 Å². The van der Waals surface area contributed by atoms with E-state index in [1.807, 2.05) is 42.7 Å². The molecule has 2 aromatic carbocycles. The van der Waals surface area contributed by atoms with Gasteiger partial charge in [-0.25, -0.2) is 0 Å². The fraction of sp³-hybridized carbons (Fsp3) is 0.292. The average Bonchev–Trinajstić information content (AvgIpc) is 3.12. The third kappa shape index (κ3) is 6.46. The number of ether oxygens (including phenoxy) is 1. The third-order valence-corrected chi connectivity index (χ3v) is 5.61. The number of hydrogen-bond donors (Lipinski definition) is 1. The van der Waals surface area contributed by atoms with Crippen LogP contribution in [0.5, 0.6) is 5.75 Å². The Morgan fingerprint density at radius 1 is 1.16 bits per heavy atom. The number of amides is 1. The first-order valence-electron chi connectivity index (χ1n) is 10.2. The number of rotatable bonds is 10. The second kappa shape index (κ2) is 10.8. The summed E-state index contributed by atoms with van der Waals surface area (Å²) in [5.74, 6) is 1.63. The van der Waals surface area contributed by atoms with Crippen LogP contribution in [0.3, 0.4) is 0 Å². The zero-order valence-electron chi connectivity index (χ0n) is 18.2. The molecule has 3 rings (SSSR count). The number of nitrogens with zero attached hydrogens (tertiary/aromatic N) is 3. The topological polar surface area (TPSA) is 69.0 Å². The second-order valence-electron chi connectivity index (χ2n) is 7.30. The Morgan fingerprint density at radius 3 is 2.52 bits per heavy atom. The molecule has 0 saturated heterocycles. The number of benzene rings is 2. The lowest BCUT2D eigenvalue weighted by Crippen LogP contribution is -2.15. The molecule has 7 heteroatoms. The lowest BCUT2D eigenvalue weighted by Gasteiger charge is -2.10. The molecular formula is C24H28N4O2S. The van der Waals surface area contributed by atoms with Crippen molar-refractivity contribution >= 4 is 23.4 Å². The fourth-order valence-corrected chi connectivity index (χ4v) is 3.95. The standard InChI is InChI=1S/C24H28N4O2S/c1-5-11-28-22(15-30-21-9-7-19(6-2)8-10-21)26-27-24(28)31-16-23(29)25-20-13-17(3)12-18(4)14-20/h5,7-10,12-14H,1,6,11,15-16H2,2-4H3,(H,25,29). The number of allylic oxidation sites excluding steroid dienone is 1. The molecule has 0 aliphatic carbocycles. The van der Waals surface area contributed by atoms with Crippen molar-refractivity contribution in [1.29, 1.82) is 0 Å². The van der Waals surface area contributed by atoms with E-state index in [4.69, 9.17) is 4.74 Å². The normalized spacial score (nSPS) is 10.7. The van der Waals surface area contributed by atoms with Gasteiger partial charge in [0, 0.05) is 12.2 Å². The van der Waals surface area contributed by atoms with Gasteiger partial charge in [-0.3, -0.25) is 9.36 Å². The lowest BCUT2D eigenvalue weighted by atomic mass is 10.1. The SMILES string of the molecule is C=CCn1c(COc2ccc(CC)cc2)nnc1SCC(=O)Nc1cc(C)cc(C)c1. The number of carbonyl (C=O) groups is 1. The number of aromatic nitrogens is 3. The molecule has 31 heavy (non-hydrogen) atoms. The smallest absolute Gasteiger partial charge is 0.234 e. The third-order valence-electron chi connectivity index (χ3n) is 4.64. The Labute approximate surface area is 187 Å². The van der Waals surface area contributed by atoms with Crippen LogP contribution in [0.2, 0.25) is 0 Å². The van der Waals surface area contributed by atoms with Crippen molar-refractivity contribution < 1.29 is 9.53 Å². The van der Waals surface area contributed by atoms with Crippen LogP contribution in [-0.2, 0) is 24.4 Å². The van der Waals surface area contributed by atoms with Gasteiger partial charge in [0.05, 0.1) is 5.75 Å². The van der Waals surface area contributed by atoms with Crippen LogP contribution in [-0.4, -0.2) is 26.4 Å². The van der Waals surface area contributed by atoms with E-state index in [0.29, 0.717) is 24.1 Å². The Hall–Kier alpha value is -3.06. The summed E-state index contributed by atoms with van der Waals surface area (Å²) in [4.78, 5) is 12.4. The number of aryl methyl sites for hydroxylation is 3. The molecule has 162 valence electrons. The first-order chi connectivity index (χ1) is 15.0. The zero-order chi connectivity index (χ0) is 22.2. The largest absolute Gasteiger partial charge is 0.486 e. The first-order valence-corrected chi connectivity index (χ1v) is 11.2. The molecule has 1 heterocycles. The number of carbonyl (C=O) groups excluding carboxylic acids is 1. The van der Waals surface area contributed by atoms with Gasteiger partial charge >= 0.3 is 0 Å². The van der Waals surface area contributed by atoms with E-state index in [1.165, 1.54) is 17.3 Å². The maximum absolute atomic E-state index is 12.4. The maximum Gasteiger partial charge on any atom is 0.234 e. The van der Waals surface area contributed by atoms with E-state index < -0.39 is 0 Å². The number of hydrogen-bond acceptors (Lipinski definition) is 5. The van der Waals surface area contributed by atoms with Crippen molar-refractivity contribution in [3.05, 3.63) is 77.6 Å². The highest BCUT2D eigenvalue weighted by atomic mass is 32.2. The molecule has 1 N–H and O–H groups in total. The molecule has 0 atom stereocenters. The number of thioether (sulfide) groups is 1. The summed E-state index contributed by atoms with van der Waals surface area (Å²) in [6.07, 6.45) is 2.77. The summed E-state index contributed by atoms with van der Waals surface area (Å²) in [7, 11) is 0. The van der Waals surface area contributed by atoms with Crippen LogP contribution in [0.1, 0.15) is 29.4 Å². The molecule has 6 nitrogen and oxygen atoms in total. The van der Waals surface area contributed by atoms with Crippen molar-refractivity contribution in [3.63, 3.8) is 0 Å². The van der Waals surface area contributed by atoms with E-state index in [-0.39, 0.29) is 11.7 Å². The number of anilines is 1. The summed E-state index contributed by atoms with van der Waals surface area (Å²) >= 11 is 1.34. The molecule has 1 aromatic heterocycles. The van der Waals surface area contributed by atoms with Crippen molar-refractivity contribution in [2.24, 2.45) is 0 Å². The molecule has 0 spiro atoms. The number of nitrogens with one attached hydrogen (secondary N) is 1. The molecule has 0 fully saturated rings. The van der Waals surface area contributed by atoms with E-state index in [2.05, 4.69) is 47.2 Å². The molecule has 0 aliphatic heterocycles. The highest BCUT2D eigenvalue weighted by Gasteiger charge is 2.14. The monoisotopic (exact) mass is 436 g/mol. The van der Waals surface area contributed by atoms with Gasteiger partial charge in [0.25, 0.3) is 0 Å². The van der Waals surface area contributed by atoms with Crippen LogP contribution >= 0.6 is 11.8 Å². The van der Waals surface area contributed by atoms with Crippen LogP contribution in [0.15, 0.2) is 60.3 Å². The van der Waals surface area contributed by atoms with Gasteiger partial charge in [-0.2, -0.15) is 0 Å². The molecule has 0 aliphatic rings. The highest BCUT2D eigenvalue weighted by Crippen LogP contribution is 2.20. The summed E-state index contributed by atoms with van der Waals surface area (Å²) in [6.45, 7) is 10.8. The van der Waals surface area contributed by atoms with Crippen molar-refractivity contribution in [2.75, 3.05) is 11.1 Å². The maximum atomic E-state index is 12.4. The van der Waals surface area contributed by atoms with Crippen LogP contribution in [0.4, 0.5) is 5.69 Å². The van der Waals surface area contributed by atoms with Crippen LogP contribution in [0.25, 0.3) is 0 Å². The van der Waals surface area contributed by atoms with Crippen LogP contribution in [0, 0.1) is 13.8 Å². The van der Waals surface area contributed by atoms with E-state index in [0.717, 1.165) is 29.0 Å². The molecule has 0 bridgehead atoms. The summed E-state index contributed by atoms with van der Waals surface area (Å²) < 4.78 is 7.79. The molecular weight excluding hydrogens is 408 g/mol. The van der Waals surface area contributed by atoms with Gasteiger partial charge in [0.15, 0.2) is 11.0 Å². The molecule has 0 radical (unpaired) electrons. The Morgan fingerprint density at radius 2 is 1.87 bits per heavy atom. The van der Waals surface area contributed by atoms with Gasteiger partial charge in [-0.1, -0.05) is 43.0 Å². The minimum absolute atomic E-state index is 0.0861. The van der Waals surface area contributed by atoms with Gasteiger partial charge in [0.2, 0.25) is 5.91 Å². The summed E-state index contributed by atoms with van der Waals surface area (Å²) in [5.41, 5.74) is 4.30. The highest BCUT2D eigenvalue weighted by molar-refractivity contribution is 7.99. The van der Waals surface area contributed by atoms with Crippen molar-refractivity contribution in [2.45, 2.75) is 45.5 Å². The van der Waals surface area contributed by atoms with Crippen molar-refractivity contribution in [3.8, 4) is 5.75 Å². The molecule has 3 aromatic rings. The molecule has 0 unspecified atom stereocenters. The fourth-order valence-electron chi connectivity index (χ4n) is 3.19. The Balaban J connectivity index is 1.61. The predicted molar refractivity (Wildman–Crippen MR) is 126 cm³/mol. The Kier molecular flexibility index (Phi) is 7.89. The van der Waals surface area contributed by atoms with Gasteiger partial charge in [0.1, 0.15) is 12.4 Å².